The first-order valence-electron chi connectivity index (χ1n) is 4.88. The second-order valence-corrected chi connectivity index (χ2v) is 3.46. The first-order valence-corrected chi connectivity index (χ1v) is 4.88. The van der Waals surface area contributed by atoms with Gasteiger partial charge in [0.1, 0.15) is 0 Å². The van der Waals surface area contributed by atoms with Crippen LogP contribution in [0.15, 0.2) is 0 Å². The minimum Gasteiger partial charge on any atom is -0.379 e. The van der Waals surface area contributed by atoms with Crippen LogP contribution in [-0.4, -0.2) is 43.8 Å². The monoisotopic (exact) mass is 172 g/mol. The summed E-state index contributed by atoms with van der Waals surface area (Å²) in [6.45, 7) is 7.07. The van der Waals surface area contributed by atoms with Gasteiger partial charge in [-0.05, 0) is 6.42 Å². The van der Waals surface area contributed by atoms with Crippen LogP contribution >= 0.6 is 0 Å². The van der Waals surface area contributed by atoms with Gasteiger partial charge in [-0.1, -0.05) is 13.3 Å². The smallest absolute Gasteiger partial charge is 0.0594 e. The molecule has 1 rings (SSSR count). The molecule has 0 unspecified atom stereocenters. The number of nitrogens with two attached hydrogens (primary N) is 1. The molecule has 0 radical (unpaired) electrons. The number of nitrogens with zero attached hydrogens (tertiary/aromatic N) is 1. The maximum absolute atomic E-state index is 5.93. The molecule has 1 atom stereocenters. The van der Waals surface area contributed by atoms with E-state index in [2.05, 4.69) is 11.8 Å². The van der Waals surface area contributed by atoms with Gasteiger partial charge in [-0.15, -0.1) is 0 Å². The predicted octanol–water partition coefficient (Wildman–Crippen LogP) is 0.446. The summed E-state index contributed by atoms with van der Waals surface area (Å²) in [6, 6.07) is 0.355. The molecule has 1 aliphatic rings. The number of rotatable bonds is 4. The van der Waals surface area contributed by atoms with Gasteiger partial charge in [-0.25, -0.2) is 0 Å². The Morgan fingerprint density at radius 1 is 1.42 bits per heavy atom. The lowest BCUT2D eigenvalue weighted by Crippen LogP contribution is -2.43. The SMILES string of the molecule is CCC[C@@H](N)CN1CCOCC1. The van der Waals surface area contributed by atoms with Crippen molar-refractivity contribution in [2.75, 3.05) is 32.8 Å². The van der Waals surface area contributed by atoms with Gasteiger partial charge in [-0.2, -0.15) is 0 Å². The minimum atomic E-state index is 0.355. The molecule has 72 valence electrons. The lowest BCUT2D eigenvalue weighted by Gasteiger charge is -2.28. The maximum Gasteiger partial charge on any atom is 0.0594 e. The van der Waals surface area contributed by atoms with Crippen molar-refractivity contribution in [3.63, 3.8) is 0 Å². The Morgan fingerprint density at radius 3 is 2.67 bits per heavy atom. The molecule has 2 N–H and O–H groups in total. The highest BCUT2D eigenvalue weighted by Crippen LogP contribution is 2.00. The first-order chi connectivity index (χ1) is 5.83. The largest absolute Gasteiger partial charge is 0.379 e. The summed E-state index contributed by atoms with van der Waals surface area (Å²) in [6.07, 6.45) is 2.32. The van der Waals surface area contributed by atoms with Crippen molar-refractivity contribution >= 4 is 0 Å². The van der Waals surface area contributed by atoms with Gasteiger partial charge in [0.15, 0.2) is 0 Å². The van der Waals surface area contributed by atoms with E-state index < -0.39 is 0 Å². The third-order valence-electron chi connectivity index (χ3n) is 2.26. The molecule has 0 aromatic rings. The molecular formula is C9H20N2O. The molecule has 0 bridgehead atoms. The Morgan fingerprint density at radius 2 is 2.08 bits per heavy atom. The van der Waals surface area contributed by atoms with E-state index in [-0.39, 0.29) is 0 Å². The summed E-state index contributed by atoms with van der Waals surface area (Å²) in [4.78, 5) is 2.39. The van der Waals surface area contributed by atoms with E-state index in [1.807, 2.05) is 0 Å². The van der Waals surface area contributed by atoms with E-state index in [1.165, 1.54) is 6.42 Å². The molecule has 1 heterocycles. The van der Waals surface area contributed by atoms with Crippen LogP contribution in [0.4, 0.5) is 0 Å². The van der Waals surface area contributed by atoms with Gasteiger partial charge in [0.05, 0.1) is 13.2 Å². The van der Waals surface area contributed by atoms with Crippen LogP contribution in [0, 0.1) is 0 Å². The molecule has 1 aliphatic heterocycles. The predicted molar refractivity (Wildman–Crippen MR) is 50.1 cm³/mol. The van der Waals surface area contributed by atoms with Crippen molar-refractivity contribution in [2.45, 2.75) is 25.8 Å². The molecule has 12 heavy (non-hydrogen) atoms. The maximum atomic E-state index is 5.93. The molecule has 3 heteroatoms. The summed E-state index contributed by atoms with van der Waals surface area (Å²) < 4.78 is 5.26. The number of ether oxygens (including phenoxy) is 1. The zero-order valence-corrected chi connectivity index (χ0v) is 7.96. The van der Waals surface area contributed by atoms with Crippen LogP contribution in [0.5, 0.6) is 0 Å². The van der Waals surface area contributed by atoms with Crippen molar-refractivity contribution in [1.82, 2.24) is 4.90 Å². The number of morpholine rings is 1. The van der Waals surface area contributed by atoms with Crippen LogP contribution < -0.4 is 5.73 Å². The van der Waals surface area contributed by atoms with E-state index in [9.17, 15) is 0 Å². The highest BCUT2D eigenvalue weighted by atomic mass is 16.5. The van der Waals surface area contributed by atoms with E-state index in [0.29, 0.717) is 6.04 Å². The third-order valence-corrected chi connectivity index (χ3v) is 2.26. The first kappa shape index (κ1) is 9.96. The molecule has 1 saturated heterocycles. The lowest BCUT2D eigenvalue weighted by atomic mass is 10.1. The summed E-state index contributed by atoms with van der Waals surface area (Å²) >= 11 is 0. The van der Waals surface area contributed by atoms with Crippen molar-refractivity contribution in [2.24, 2.45) is 5.73 Å². The van der Waals surface area contributed by atoms with Crippen LogP contribution in [0.1, 0.15) is 19.8 Å². The molecule has 0 amide bonds. The van der Waals surface area contributed by atoms with E-state index >= 15 is 0 Å². The zero-order chi connectivity index (χ0) is 8.81. The molecule has 0 spiro atoms. The highest BCUT2D eigenvalue weighted by Gasteiger charge is 2.12. The zero-order valence-electron chi connectivity index (χ0n) is 7.96. The van der Waals surface area contributed by atoms with Crippen molar-refractivity contribution in [3.05, 3.63) is 0 Å². The van der Waals surface area contributed by atoms with E-state index in [1.54, 1.807) is 0 Å². The van der Waals surface area contributed by atoms with Crippen molar-refractivity contribution in [1.29, 1.82) is 0 Å². The highest BCUT2D eigenvalue weighted by molar-refractivity contribution is 4.69. The fraction of sp³-hybridized carbons (Fsp3) is 1.00. The Labute approximate surface area is 74.9 Å². The number of hydrogen-bond donors (Lipinski definition) is 1. The molecule has 0 saturated carbocycles. The fourth-order valence-corrected chi connectivity index (χ4v) is 1.58. The quantitative estimate of drug-likeness (QED) is 0.669. The Kier molecular flexibility index (Phi) is 4.58. The summed E-state index contributed by atoms with van der Waals surface area (Å²) in [5, 5.41) is 0. The second-order valence-electron chi connectivity index (χ2n) is 3.46. The van der Waals surface area contributed by atoms with Gasteiger partial charge in [0.2, 0.25) is 0 Å². The van der Waals surface area contributed by atoms with Gasteiger partial charge in [-0.3, -0.25) is 4.90 Å². The van der Waals surface area contributed by atoms with E-state index in [4.69, 9.17) is 10.5 Å². The Hall–Kier alpha value is -0.120. The van der Waals surface area contributed by atoms with Gasteiger partial charge in [0.25, 0.3) is 0 Å². The standard InChI is InChI=1S/C9H20N2O/c1-2-3-9(10)8-11-4-6-12-7-5-11/h9H,2-8,10H2,1H3/t9-/m1/s1. The molecule has 0 aromatic heterocycles. The average Bonchev–Trinajstić information content (AvgIpc) is 2.06. The molecule has 0 aromatic carbocycles. The molecule has 3 nitrogen and oxygen atoms in total. The Bertz CT molecular complexity index is 113. The van der Waals surface area contributed by atoms with Gasteiger partial charge >= 0.3 is 0 Å². The van der Waals surface area contributed by atoms with Crippen molar-refractivity contribution in [3.8, 4) is 0 Å². The molecule has 1 fully saturated rings. The summed E-state index contributed by atoms with van der Waals surface area (Å²) in [7, 11) is 0. The Balaban J connectivity index is 2.11. The van der Waals surface area contributed by atoms with Crippen LogP contribution in [0.3, 0.4) is 0 Å². The van der Waals surface area contributed by atoms with Crippen LogP contribution in [-0.2, 0) is 4.74 Å². The summed E-state index contributed by atoms with van der Waals surface area (Å²) in [5.41, 5.74) is 5.93. The molecular weight excluding hydrogens is 152 g/mol. The van der Waals surface area contributed by atoms with Crippen LogP contribution in [0.25, 0.3) is 0 Å². The topological polar surface area (TPSA) is 38.5 Å². The normalized spacial score (nSPS) is 22.5. The van der Waals surface area contributed by atoms with Crippen LogP contribution in [0.2, 0.25) is 0 Å². The summed E-state index contributed by atoms with van der Waals surface area (Å²) in [5.74, 6) is 0. The average molecular weight is 172 g/mol. The van der Waals surface area contributed by atoms with Gasteiger partial charge < -0.3 is 10.5 Å². The fourth-order valence-electron chi connectivity index (χ4n) is 1.58. The second kappa shape index (κ2) is 5.51. The molecule has 0 aliphatic carbocycles. The number of hydrogen-bond acceptors (Lipinski definition) is 3. The lowest BCUT2D eigenvalue weighted by molar-refractivity contribution is 0.0349. The van der Waals surface area contributed by atoms with E-state index in [0.717, 1.165) is 39.3 Å². The minimum absolute atomic E-state index is 0.355. The third kappa shape index (κ3) is 3.52. The van der Waals surface area contributed by atoms with Gasteiger partial charge in [0, 0.05) is 25.7 Å². The van der Waals surface area contributed by atoms with Crippen molar-refractivity contribution < 1.29 is 4.74 Å².